The quantitative estimate of drug-likeness (QED) is 0.892. The fourth-order valence-electron chi connectivity index (χ4n) is 2.22. The number of methoxy groups -OCH3 is 1. The summed E-state index contributed by atoms with van der Waals surface area (Å²) in [5.41, 5.74) is 7.12. The highest BCUT2D eigenvalue weighted by Crippen LogP contribution is 2.25. The van der Waals surface area contributed by atoms with Crippen molar-refractivity contribution < 1.29 is 4.74 Å². The van der Waals surface area contributed by atoms with Gasteiger partial charge in [-0.3, -0.25) is 0 Å². The van der Waals surface area contributed by atoms with E-state index < -0.39 is 0 Å². The number of nitrogens with two attached hydrogens (primary N) is 1. The van der Waals surface area contributed by atoms with E-state index >= 15 is 0 Å². The van der Waals surface area contributed by atoms with E-state index in [1.807, 2.05) is 12.1 Å². The van der Waals surface area contributed by atoms with Gasteiger partial charge < -0.3 is 15.4 Å². The molecule has 1 aliphatic rings. The maximum atomic E-state index is 6.09. The molecule has 2 rings (SSSR count). The predicted octanol–water partition coefficient (Wildman–Crippen LogP) is 1.92. The van der Waals surface area contributed by atoms with Crippen LogP contribution in [0.25, 0.3) is 0 Å². The highest BCUT2D eigenvalue weighted by molar-refractivity contribution is 6.32. The molecule has 0 saturated carbocycles. The van der Waals surface area contributed by atoms with E-state index in [1.165, 1.54) is 5.56 Å². The number of likely N-dealkylation sites (tertiary alicyclic amines) is 1. The van der Waals surface area contributed by atoms with Gasteiger partial charge in [-0.15, -0.1) is 0 Å². The molecule has 0 bridgehead atoms. The molecule has 2 N–H and O–H groups in total. The molecule has 1 fully saturated rings. The zero-order chi connectivity index (χ0) is 12.3. The molecule has 0 spiro atoms. The van der Waals surface area contributed by atoms with Gasteiger partial charge in [0.05, 0.1) is 12.1 Å². The maximum Gasteiger partial charge on any atom is 0.137 e. The van der Waals surface area contributed by atoms with Crippen LogP contribution in [-0.4, -0.2) is 37.7 Å². The van der Waals surface area contributed by atoms with Crippen LogP contribution in [0.1, 0.15) is 12.0 Å². The summed E-state index contributed by atoms with van der Waals surface area (Å²) in [6.45, 7) is 3.19. The summed E-state index contributed by atoms with van der Waals surface area (Å²) in [6, 6.07) is 6.33. The van der Waals surface area contributed by atoms with Gasteiger partial charge in [0, 0.05) is 19.1 Å². The van der Waals surface area contributed by atoms with Crippen LogP contribution in [0, 0.1) is 0 Å². The van der Waals surface area contributed by atoms with Gasteiger partial charge >= 0.3 is 0 Å². The molecule has 0 aromatic heterocycles. The average molecular weight is 255 g/mol. The van der Waals surface area contributed by atoms with E-state index in [1.54, 1.807) is 7.11 Å². The van der Waals surface area contributed by atoms with Crippen molar-refractivity contribution >= 4 is 11.6 Å². The Morgan fingerprint density at radius 2 is 2.35 bits per heavy atom. The molecular weight excluding hydrogens is 236 g/mol. The van der Waals surface area contributed by atoms with Gasteiger partial charge in [-0.05, 0) is 37.1 Å². The number of hydrogen-bond donors (Lipinski definition) is 1. The van der Waals surface area contributed by atoms with E-state index in [9.17, 15) is 0 Å². The molecule has 0 amide bonds. The number of hydrogen-bond acceptors (Lipinski definition) is 3. The maximum absolute atomic E-state index is 6.09. The minimum absolute atomic E-state index is 0.356. The first-order chi connectivity index (χ1) is 8.19. The smallest absolute Gasteiger partial charge is 0.137 e. The van der Waals surface area contributed by atoms with Crippen LogP contribution in [0.4, 0.5) is 0 Å². The number of benzene rings is 1. The van der Waals surface area contributed by atoms with E-state index in [0.717, 1.165) is 38.2 Å². The summed E-state index contributed by atoms with van der Waals surface area (Å²) >= 11 is 6.09. The molecule has 1 unspecified atom stereocenters. The van der Waals surface area contributed by atoms with Gasteiger partial charge in [-0.1, -0.05) is 17.7 Å². The second-order valence-corrected chi connectivity index (χ2v) is 4.98. The first-order valence-electron chi connectivity index (χ1n) is 5.99. The second-order valence-electron chi connectivity index (χ2n) is 4.57. The molecule has 17 heavy (non-hydrogen) atoms. The molecule has 1 saturated heterocycles. The van der Waals surface area contributed by atoms with E-state index in [-0.39, 0.29) is 0 Å². The minimum Gasteiger partial charge on any atom is -0.495 e. The fourth-order valence-corrected chi connectivity index (χ4v) is 2.50. The highest BCUT2D eigenvalue weighted by atomic mass is 35.5. The number of nitrogens with zero attached hydrogens (tertiary/aromatic N) is 1. The highest BCUT2D eigenvalue weighted by Gasteiger charge is 2.18. The van der Waals surface area contributed by atoms with Gasteiger partial charge in [0.15, 0.2) is 0 Å². The van der Waals surface area contributed by atoms with Crippen molar-refractivity contribution in [2.24, 2.45) is 5.73 Å². The molecule has 1 atom stereocenters. The SMILES string of the molecule is COc1ccc(CCN2CCC(N)C2)cc1Cl. The molecule has 0 radical (unpaired) electrons. The van der Waals surface area contributed by atoms with Crippen molar-refractivity contribution in [3.8, 4) is 5.75 Å². The Morgan fingerprint density at radius 1 is 1.53 bits per heavy atom. The minimum atomic E-state index is 0.356. The largest absolute Gasteiger partial charge is 0.495 e. The van der Waals surface area contributed by atoms with E-state index in [4.69, 9.17) is 22.1 Å². The lowest BCUT2D eigenvalue weighted by Gasteiger charge is -2.15. The van der Waals surface area contributed by atoms with Crippen molar-refractivity contribution in [2.75, 3.05) is 26.7 Å². The standard InChI is InChI=1S/C13H19ClN2O/c1-17-13-3-2-10(8-12(13)14)4-6-16-7-5-11(15)9-16/h2-3,8,11H,4-7,9,15H2,1H3. The summed E-state index contributed by atoms with van der Waals surface area (Å²) in [6.07, 6.45) is 2.12. The first-order valence-corrected chi connectivity index (χ1v) is 6.37. The Labute approximate surface area is 107 Å². The molecule has 3 nitrogen and oxygen atoms in total. The van der Waals surface area contributed by atoms with Crippen LogP contribution in [0.3, 0.4) is 0 Å². The molecule has 4 heteroatoms. The van der Waals surface area contributed by atoms with Gasteiger partial charge in [0.25, 0.3) is 0 Å². The van der Waals surface area contributed by atoms with Crippen molar-refractivity contribution in [3.63, 3.8) is 0 Å². The Bertz CT molecular complexity index is 384. The molecule has 1 aromatic rings. The van der Waals surface area contributed by atoms with Crippen LogP contribution < -0.4 is 10.5 Å². The average Bonchev–Trinajstić information content (AvgIpc) is 2.73. The Morgan fingerprint density at radius 3 is 2.94 bits per heavy atom. The van der Waals surface area contributed by atoms with Crippen molar-refractivity contribution in [3.05, 3.63) is 28.8 Å². The molecular formula is C13H19ClN2O. The predicted molar refractivity (Wildman–Crippen MR) is 70.7 cm³/mol. The molecule has 1 aliphatic heterocycles. The van der Waals surface area contributed by atoms with Crippen molar-refractivity contribution in [1.29, 1.82) is 0 Å². The van der Waals surface area contributed by atoms with Crippen molar-refractivity contribution in [2.45, 2.75) is 18.9 Å². The Kier molecular flexibility index (Phi) is 4.26. The van der Waals surface area contributed by atoms with Gasteiger partial charge in [-0.2, -0.15) is 0 Å². The fraction of sp³-hybridized carbons (Fsp3) is 0.538. The zero-order valence-electron chi connectivity index (χ0n) is 10.2. The first kappa shape index (κ1) is 12.7. The van der Waals surface area contributed by atoms with Crippen LogP contribution in [0.15, 0.2) is 18.2 Å². The van der Waals surface area contributed by atoms with Gasteiger partial charge in [-0.25, -0.2) is 0 Å². The summed E-state index contributed by atoms with van der Waals surface area (Å²) in [5, 5.41) is 0.683. The topological polar surface area (TPSA) is 38.5 Å². The third-order valence-corrected chi connectivity index (χ3v) is 3.54. The summed E-state index contributed by atoms with van der Waals surface area (Å²) < 4.78 is 5.13. The summed E-state index contributed by atoms with van der Waals surface area (Å²) in [5.74, 6) is 0.735. The van der Waals surface area contributed by atoms with E-state index in [0.29, 0.717) is 11.1 Å². The number of halogens is 1. The van der Waals surface area contributed by atoms with Gasteiger partial charge in [0.1, 0.15) is 5.75 Å². The summed E-state index contributed by atoms with van der Waals surface area (Å²) in [7, 11) is 1.63. The number of ether oxygens (including phenoxy) is 1. The lowest BCUT2D eigenvalue weighted by atomic mass is 10.1. The molecule has 0 aliphatic carbocycles. The van der Waals surface area contributed by atoms with Crippen LogP contribution >= 0.6 is 11.6 Å². The number of rotatable bonds is 4. The molecule has 1 aromatic carbocycles. The van der Waals surface area contributed by atoms with Crippen molar-refractivity contribution in [1.82, 2.24) is 4.90 Å². The zero-order valence-corrected chi connectivity index (χ0v) is 10.9. The lowest BCUT2D eigenvalue weighted by Crippen LogP contribution is -2.28. The van der Waals surface area contributed by atoms with Gasteiger partial charge in [0.2, 0.25) is 0 Å². The monoisotopic (exact) mass is 254 g/mol. The van der Waals surface area contributed by atoms with Crippen LogP contribution in [0.5, 0.6) is 5.75 Å². The van der Waals surface area contributed by atoms with Crippen LogP contribution in [0.2, 0.25) is 5.02 Å². The van der Waals surface area contributed by atoms with E-state index in [2.05, 4.69) is 11.0 Å². The third kappa shape index (κ3) is 3.35. The lowest BCUT2D eigenvalue weighted by molar-refractivity contribution is 0.339. The second kappa shape index (κ2) is 5.71. The molecule has 1 heterocycles. The normalized spacial score (nSPS) is 20.8. The molecule has 94 valence electrons. The Balaban J connectivity index is 1.88. The Hall–Kier alpha value is -0.770. The third-order valence-electron chi connectivity index (χ3n) is 3.24. The van der Waals surface area contributed by atoms with Crippen LogP contribution in [-0.2, 0) is 6.42 Å². The summed E-state index contributed by atoms with van der Waals surface area (Å²) in [4.78, 5) is 2.41.